The van der Waals surface area contributed by atoms with E-state index in [2.05, 4.69) is 0 Å². The van der Waals surface area contributed by atoms with E-state index in [0.29, 0.717) is 5.75 Å². The van der Waals surface area contributed by atoms with Gasteiger partial charge in [0.2, 0.25) is 6.29 Å². The first-order chi connectivity index (χ1) is 12.5. The molecule has 0 aliphatic carbocycles. The van der Waals surface area contributed by atoms with E-state index in [-0.39, 0.29) is 5.75 Å². The van der Waals surface area contributed by atoms with E-state index in [0.717, 1.165) is 9.79 Å². The average Bonchev–Trinajstić information content (AvgIpc) is 2.65. The van der Waals surface area contributed by atoms with Gasteiger partial charge in [0.05, 0.1) is 6.61 Å². The lowest BCUT2D eigenvalue weighted by molar-refractivity contribution is -0.277. The lowest BCUT2D eigenvalue weighted by Crippen LogP contribution is -2.60. The molecule has 0 bridgehead atoms. The van der Waals surface area contributed by atoms with Crippen molar-refractivity contribution in [3.8, 4) is 11.5 Å². The molecule has 2 aromatic rings. The molecule has 0 amide bonds. The third kappa shape index (κ3) is 4.29. The molecular weight excluding hydrogens is 360 g/mol. The minimum Gasteiger partial charge on any atom is -0.508 e. The summed E-state index contributed by atoms with van der Waals surface area (Å²) in [6.45, 7) is -0.507. The molecule has 26 heavy (non-hydrogen) atoms. The van der Waals surface area contributed by atoms with Gasteiger partial charge in [0, 0.05) is 9.79 Å². The maximum atomic E-state index is 9.99. The van der Waals surface area contributed by atoms with Crippen LogP contribution in [0.1, 0.15) is 0 Å². The summed E-state index contributed by atoms with van der Waals surface area (Å²) >= 11 is 1.50. The number of hydrogen-bond donors (Lipinski definition) is 5. The Morgan fingerprint density at radius 2 is 1.42 bits per heavy atom. The van der Waals surface area contributed by atoms with Gasteiger partial charge in [-0.05, 0) is 48.5 Å². The van der Waals surface area contributed by atoms with Crippen molar-refractivity contribution in [3.63, 3.8) is 0 Å². The zero-order valence-corrected chi connectivity index (χ0v) is 14.5. The molecule has 5 atom stereocenters. The predicted octanol–water partition coefficient (Wildman–Crippen LogP) is 0.722. The van der Waals surface area contributed by atoms with Crippen LogP contribution in [-0.4, -0.2) is 62.8 Å². The highest BCUT2D eigenvalue weighted by atomic mass is 32.2. The van der Waals surface area contributed by atoms with Crippen LogP contribution in [0.2, 0.25) is 0 Å². The lowest BCUT2D eigenvalue weighted by Gasteiger charge is -2.39. The molecule has 0 saturated carbocycles. The SMILES string of the molecule is OC[C@H]1O[C@@H](Oc2ccc(Sc3ccc(O)cc3)cc2)[C@H](O)[C@@H](O)[C@@H]1O. The Balaban J connectivity index is 1.64. The van der Waals surface area contributed by atoms with Gasteiger partial charge in [0.1, 0.15) is 35.9 Å². The monoisotopic (exact) mass is 380 g/mol. The van der Waals surface area contributed by atoms with Crippen LogP contribution in [0.5, 0.6) is 11.5 Å². The van der Waals surface area contributed by atoms with Gasteiger partial charge < -0.3 is 35.0 Å². The van der Waals surface area contributed by atoms with Gasteiger partial charge in [0.15, 0.2) is 0 Å². The van der Waals surface area contributed by atoms with E-state index in [1.807, 2.05) is 12.1 Å². The van der Waals surface area contributed by atoms with Crippen LogP contribution in [0.3, 0.4) is 0 Å². The Morgan fingerprint density at radius 3 is 2.00 bits per heavy atom. The molecular formula is C18H20O7S. The summed E-state index contributed by atoms with van der Waals surface area (Å²) in [7, 11) is 0. The van der Waals surface area contributed by atoms with Crippen molar-refractivity contribution in [2.24, 2.45) is 0 Å². The second-order valence-electron chi connectivity index (χ2n) is 5.88. The summed E-state index contributed by atoms with van der Waals surface area (Å²) in [4.78, 5) is 1.90. The maximum Gasteiger partial charge on any atom is 0.229 e. The Kier molecular flexibility index (Phi) is 6.02. The van der Waals surface area contributed by atoms with Gasteiger partial charge >= 0.3 is 0 Å². The second kappa shape index (κ2) is 8.26. The number of phenolic OH excluding ortho intramolecular Hbond substituents is 1. The first kappa shape index (κ1) is 19.0. The van der Waals surface area contributed by atoms with Gasteiger partial charge in [-0.1, -0.05) is 11.8 Å². The minimum absolute atomic E-state index is 0.206. The van der Waals surface area contributed by atoms with E-state index in [1.54, 1.807) is 36.4 Å². The summed E-state index contributed by atoms with van der Waals surface area (Å²) < 4.78 is 10.9. The van der Waals surface area contributed by atoms with Gasteiger partial charge in [-0.25, -0.2) is 0 Å². The highest BCUT2D eigenvalue weighted by Crippen LogP contribution is 2.31. The zero-order valence-electron chi connectivity index (χ0n) is 13.7. The molecule has 1 aliphatic heterocycles. The molecule has 0 spiro atoms. The topological polar surface area (TPSA) is 120 Å². The molecule has 0 radical (unpaired) electrons. The fraction of sp³-hybridized carbons (Fsp3) is 0.333. The van der Waals surface area contributed by atoms with E-state index in [9.17, 15) is 25.5 Å². The fourth-order valence-corrected chi connectivity index (χ4v) is 3.35. The molecule has 1 fully saturated rings. The number of benzene rings is 2. The number of phenols is 1. The third-order valence-electron chi connectivity index (χ3n) is 4.00. The highest BCUT2D eigenvalue weighted by molar-refractivity contribution is 7.99. The quantitative estimate of drug-likeness (QED) is 0.515. The van der Waals surface area contributed by atoms with Crippen LogP contribution < -0.4 is 4.74 Å². The summed E-state index contributed by atoms with van der Waals surface area (Å²) in [5, 5.41) is 48.0. The third-order valence-corrected chi connectivity index (χ3v) is 5.01. The average molecular weight is 380 g/mol. The number of ether oxygens (including phenoxy) is 2. The molecule has 0 aromatic heterocycles. The van der Waals surface area contributed by atoms with Crippen molar-refractivity contribution >= 4 is 11.8 Å². The summed E-state index contributed by atoms with van der Waals surface area (Å²) in [5.74, 6) is 0.613. The molecule has 140 valence electrons. The highest BCUT2D eigenvalue weighted by Gasteiger charge is 2.44. The molecule has 3 rings (SSSR count). The van der Waals surface area contributed by atoms with Crippen molar-refractivity contribution in [2.75, 3.05) is 6.61 Å². The zero-order chi connectivity index (χ0) is 18.7. The molecule has 1 aliphatic rings. The van der Waals surface area contributed by atoms with Gasteiger partial charge in [-0.15, -0.1) is 0 Å². The van der Waals surface area contributed by atoms with Crippen molar-refractivity contribution < 1.29 is 35.0 Å². The minimum atomic E-state index is -1.48. The smallest absolute Gasteiger partial charge is 0.229 e. The number of aliphatic hydroxyl groups is 4. The van der Waals surface area contributed by atoms with E-state index >= 15 is 0 Å². The van der Waals surface area contributed by atoms with Crippen molar-refractivity contribution in [1.29, 1.82) is 0 Å². The van der Waals surface area contributed by atoms with Crippen molar-refractivity contribution in [2.45, 2.75) is 40.5 Å². The fourth-order valence-electron chi connectivity index (χ4n) is 2.54. The van der Waals surface area contributed by atoms with Crippen molar-refractivity contribution in [1.82, 2.24) is 0 Å². The Hall–Kier alpha value is -1.81. The van der Waals surface area contributed by atoms with Crippen LogP contribution >= 0.6 is 11.8 Å². The van der Waals surface area contributed by atoms with Crippen LogP contribution in [0.4, 0.5) is 0 Å². The Bertz CT molecular complexity index is 704. The molecule has 1 heterocycles. The van der Waals surface area contributed by atoms with Gasteiger partial charge in [-0.2, -0.15) is 0 Å². The van der Waals surface area contributed by atoms with Crippen LogP contribution in [0.15, 0.2) is 58.3 Å². The second-order valence-corrected chi connectivity index (χ2v) is 7.03. The summed E-state index contributed by atoms with van der Waals surface area (Å²) in [6.07, 6.45) is -6.56. The summed E-state index contributed by atoms with van der Waals surface area (Å²) in [5.41, 5.74) is 0. The normalized spacial score (nSPS) is 28.7. The van der Waals surface area contributed by atoms with Crippen molar-refractivity contribution in [3.05, 3.63) is 48.5 Å². The number of aliphatic hydroxyl groups excluding tert-OH is 4. The Labute approximate surface area is 154 Å². The standard InChI is InChI=1S/C18H20O7S/c19-9-14-15(21)16(22)17(23)18(25-14)24-11-3-7-13(8-4-11)26-12-5-1-10(20)2-6-12/h1-8,14-23H,9H2/t14-,15-,16+,17-,18-/m1/s1. The summed E-state index contributed by atoms with van der Waals surface area (Å²) in [6, 6.07) is 13.8. The van der Waals surface area contributed by atoms with Crippen LogP contribution in [0, 0.1) is 0 Å². The molecule has 8 heteroatoms. The van der Waals surface area contributed by atoms with E-state index < -0.39 is 37.3 Å². The van der Waals surface area contributed by atoms with Gasteiger partial charge in [0.25, 0.3) is 0 Å². The van der Waals surface area contributed by atoms with E-state index in [1.165, 1.54) is 11.8 Å². The molecule has 7 nitrogen and oxygen atoms in total. The largest absolute Gasteiger partial charge is 0.508 e. The number of hydrogen-bond acceptors (Lipinski definition) is 8. The molecule has 5 N–H and O–H groups in total. The number of aromatic hydroxyl groups is 1. The van der Waals surface area contributed by atoms with Crippen LogP contribution in [-0.2, 0) is 4.74 Å². The first-order valence-electron chi connectivity index (χ1n) is 8.02. The molecule has 0 unspecified atom stereocenters. The predicted molar refractivity (Wildman–Crippen MR) is 93.1 cm³/mol. The van der Waals surface area contributed by atoms with E-state index in [4.69, 9.17) is 9.47 Å². The molecule has 1 saturated heterocycles. The maximum absolute atomic E-state index is 9.99. The first-order valence-corrected chi connectivity index (χ1v) is 8.83. The lowest BCUT2D eigenvalue weighted by atomic mass is 9.99. The van der Waals surface area contributed by atoms with Crippen LogP contribution in [0.25, 0.3) is 0 Å². The molecule has 2 aromatic carbocycles. The van der Waals surface area contributed by atoms with Gasteiger partial charge in [-0.3, -0.25) is 0 Å². The Morgan fingerprint density at radius 1 is 0.846 bits per heavy atom. The number of rotatable bonds is 5.